The van der Waals surface area contributed by atoms with Gasteiger partial charge in [-0.1, -0.05) is 41.9 Å². The maximum atomic E-state index is 6.40. The number of rotatable bonds is 2. The van der Waals surface area contributed by atoms with Crippen molar-refractivity contribution in [1.82, 2.24) is 0 Å². The van der Waals surface area contributed by atoms with E-state index in [0.29, 0.717) is 0 Å². The van der Waals surface area contributed by atoms with Crippen LogP contribution in [-0.4, -0.2) is 24.6 Å². The van der Waals surface area contributed by atoms with Gasteiger partial charge in [-0.15, -0.1) is 0 Å². The number of aliphatic imine (C=N–C) groups is 1. The van der Waals surface area contributed by atoms with Gasteiger partial charge in [0.15, 0.2) is 0 Å². The third kappa shape index (κ3) is 3.31. The van der Waals surface area contributed by atoms with Crippen LogP contribution in [0.15, 0.2) is 53.5 Å². The molecular formula is C21H24ClN3O. The molecule has 2 aromatic rings. The van der Waals surface area contributed by atoms with Crippen LogP contribution in [0.25, 0.3) is 0 Å². The number of halogens is 1. The molecule has 2 atom stereocenters. The fourth-order valence-corrected chi connectivity index (χ4v) is 4.10. The van der Waals surface area contributed by atoms with E-state index >= 15 is 0 Å². The number of amidine groups is 1. The molecule has 0 saturated carbocycles. The van der Waals surface area contributed by atoms with Crippen LogP contribution in [0.4, 0.5) is 11.4 Å². The maximum Gasteiger partial charge on any atom is 0.127 e. The van der Waals surface area contributed by atoms with Crippen LogP contribution in [0.1, 0.15) is 37.8 Å². The lowest BCUT2D eigenvalue weighted by Crippen LogP contribution is -2.53. The van der Waals surface area contributed by atoms with Crippen molar-refractivity contribution in [2.75, 3.05) is 23.8 Å². The maximum absolute atomic E-state index is 6.40. The van der Waals surface area contributed by atoms with E-state index < -0.39 is 0 Å². The topological polar surface area (TPSA) is 45.7 Å². The predicted molar refractivity (Wildman–Crippen MR) is 108 cm³/mol. The average Bonchev–Trinajstić information content (AvgIpc) is 2.89. The summed E-state index contributed by atoms with van der Waals surface area (Å²) in [6.07, 6.45) is 2.89. The van der Waals surface area contributed by atoms with E-state index in [1.165, 1.54) is 0 Å². The van der Waals surface area contributed by atoms with Gasteiger partial charge in [-0.05, 0) is 43.5 Å². The number of nitrogens with zero attached hydrogens (tertiary/aromatic N) is 1. The number of hydrogen-bond donors (Lipinski definition) is 2. The summed E-state index contributed by atoms with van der Waals surface area (Å²) in [5.74, 6) is 0.981. The standard InChI is InChI=1S/C21H24ClN3O/c1-15(16-7-2-3-8-17(16)22)23-20-21(11-6-13-26-14-12-21)25-19-10-5-4-9-18(19)24-20/h2-5,7-10,15,25H,6,11-14H2,1H3,(H,23,24). The summed E-state index contributed by atoms with van der Waals surface area (Å²) < 4.78 is 5.72. The van der Waals surface area contributed by atoms with Crippen molar-refractivity contribution in [3.8, 4) is 0 Å². The molecule has 0 aromatic heterocycles. The number of anilines is 2. The second-order valence-electron chi connectivity index (χ2n) is 7.02. The lowest BCUT2D eigenvalue weighted by atomic mass is 9.86. The van der Waals surface area contributed by atoms with E-state index in [-0.39, 0.29) is 11.6 Å². The summed E-state index contributed by atoms with van der Waals surface area (Å²) in [6, 6.07) is 16.2. The second kappa shape index (κ2) is 7.29. The van der Waals surface area contributed by atoms with Gasteiger partial charge in [0.05, 0.1) is 23.0 Å². The molecule has 136 valence electrons. The quantitative estimate of drug-likeness (QED) is 0.757. The summed E-state index contributed by atoms with van der Waals surface area (Å²) >= 11 is 6.40. The van der Waals surface area contributed by atoms with E-state index in [2.05, 4.69) is 35.8 Å². The Labute approximate surface area is 159 Å². The molecule has 0 radical (unpaired) electrons. The smallest absolute Gasteiger partial charge is 0.127 e. The minimum atomic E-state index is -0.222. The first-order valence-corrected chi connectivity index (χ1v) is 9.60. The zero-order chi connectivity index (χ0) is 18.0. The Kier molecular flexibility index (Phi) is 4.88. The summed E-state index contributed by atoms with van der Waals surface area (Å²) in [7, 11) is 0. The molecule has 1 spiro atoms. The molecule has 2 heterocycles. The van der Waals surface area contributed by atoms with Crippen molar-refractivity contribution in [3.63, 3.8) is 0 Å². The van der Waals surface area contributed by atoms with E-state index in [9.17, 15) is 0 Å². The van der Waals surface area contributed by atoms with Crippen LogP contribution in [0.5, 0.6) is 0 Å². The lowest BCUT2D eigenvalue weighted by molar-refractivity contribution is 0.142. The van der Waals surface area contributed by atoms with Crippen molar-refractivity contribution >= 4 is 28.8 Å². The van der Waals surface area contributed by atoms with Gasteiger partial charge < -0.3 is 15.4 Å². The molecule has 2 N–H and O–H groups in total. The number of nitrogens with one attached hydrogen (secondary N) is 2. The zero-order valence-corrected chi connectivity index (χ0v) is 15.7. The largest absolute Gasteiger partial charge is 0.381 e. The molecule has 1 saturated heterocycles. The first kappa shape index (κ1) is 17.4. The van der Waals surface area contributed by atoms with Crippen LogP contribution >= 0.6 is 11.6 Å². The van der Waals surface area contributed by atoms with Gasteiger partial charge in [0.25, 0.3) is 0 Å². The molecule has 2 aromatic carbocycles. The molecule has 2 aliphatic heterocycles. The van der Waals surface area contributed by atoms with E-state index in [1.54, 1.807) is 0 Å². The number of para-hydroxylation sites is 2. The SMILES string of the molecule is CC(N=C1Nc2ccccc2NC12CCCOCC2)c1ccccc1Cl. The van der Waals surface area contributed by atoms with Crippen molar-refractivity contribution in [1.29, 1.82) is 0 Å². The van der Waals surface area contributed by atoms with Crippen LogP contribution < -0.4 is 10.6 Å². The minimum Gasteiger partial charge on any atom is -0.381 e. The van der Waals surface area contributed by atoms with Crippen LogP contribution in [0, 0.1) is 0 Å². The number of fused-ring (bicyclic) bond motifs is 1. The van der Waals surface area contributed by atoms with Gasteiger partial charge >= 0.3 is 0 Å². The van der Waals surface area contributed by atoms with Crippen molar-refractivity contribution in [2.45, 2.75) is 37.8 Å². The molecule has 26 heavy (non-hydrogen) atoms. The Morgan fingerprint density at radius 2 is 1.81 bits per heavy atom. The fraction of sp³-hybridized carbons (Fsp3) is 0.381. The lowest BCUT2D eigenvalue weighted by Gasteiger charge is -2.41. The molecule has 2 aliphatic rings. The summed E-state index contributed by atoms with van der Waals surface area (Å²) in [6.45, 7) is 3.63. The molecule has 0 aliphatic carbocycles. The van der Waals surface area contributed by atoms with E-state index in [1.807, 2.05) is 30.3 Å². The zero-order valence-electron chi connectivity index (χ0n) is 15.0. The number of benzene rings is 2. The Morgan fingerprint density at radius 1 is 1.04 bits per heavy atom. The van der Waals surface area contributed by atoms with Crippen molar-refractivity contribution in [2.24, 2.45) is 4.99 Å². The molecular weight excluding hydrogens is 346 g/mol. The second-order valence-corrected chi connectivity index (χ2v) is 7.43. The number of ether oxygens (including phenoxy) is 1. The molecule has 4 nitrogen and oxygen atoms in total. The van der Waals surface area contributed by atoms with Gasteiger partial charge in [-0.25, -0.2) is 0 Å². The Bertz CT molecular complexity index is 812. The van der Waals surface area contributed by atoms with E-state index in [4.69, 9.17) is 21.3 Å². The van der Waals surface area contributed by atoms with Gasteiger partial charge in [0.2, 0.25) is 0 Å². The Hall–Kier alpha value is -2.04. The highest BCUT2D eigenvalue weighted by atomic mass is 35.5. The fourth-order valence-electron chi connectivity index (χ4n) is 3.81. The van der Waals surface area contributed by atoms with Gasteiger partial charge in [-0.2, -0.15) is 0 Å². The first-order chi connectivity index (χ1) is 12.7. The highest BCUT2D eigenvalue weighted by molar-refractivity contribution is 6.31. The summed E-state index contributed by atoms with van der Waals surface area (Å²) in [5, 5.41) is 8.12. The third-order valence-corrected chi connectivity index (χ3v) is 5.60. The van der Waals surface area contributed by atoms with Crippen LogP contribution in [0.2, 0.25) is 5.02 Å². The Balaban J connectivity index is 1.74. The molecule has 0 bridgehead atoms. The molecule has 5 heteroatoms. The monoisotopic (exact) mass is 369 g/mol. The predicted octanol–water partition coefficient (Wildman–Crippen LogP) is 5.28. The average molecular weight is 370 g/mol. The van der Waals surface area contributed by atoms with Crippen LogP contribution in [-0.2, 0) is 4.74 Å². The van der Waals surface area contributed by atoms with Crippen molar-refractivity contribution < 1.29 is 4.74 Å². The van der Waals surface area contributed by atoms with Gasteiger partial charge in [0.1, 0.15) is 5.84 Å². The van der Waals surface area contributed by atoms with Crippen molar-refractivity contribution in [3.05, 3.63) is 59.1 Å². The molecule has 0 amide bonds. The highest BCUT2D eigenvalue weighted by Crippen LogP contribution is 2.38. The minimum absolute atomic E-state index is 0.0284. The molecule has 2 unspecified atom stereocenters. The summed E-state index contributed by atoms with van der Waals surface area (Å²) in [4.78, 5) is 5.09. The first-order valence-electron chi connectivity index (χ1n) is 9.23. The van der Waals surface area contributed by atoms with Crippen LogP contribution in [0.3, 0.4) is 0 Å². The molecule has 1 fully saturated rings. The Morgan fingerprint density at radius 3 is 2.65 bits per heavy atom. The summed E-state index contributed by atoms with van der Waals surface area (Å²) in [5.41, 5.74) is 3.01. The third-order valence-electron chi connectivity index (χ3n) is 5.25. The highest BCUT2D eigenvalue weighted by Gasteiger charge is 2.40. The molecule has 4 rings (SSSR count). The van der Waals surface area contributed by atoms with Gasteiger partial charge in [0, 0.05) is 24.7 Å². The van der Waals surface area contributed by atoms with Gasteiger partial charge in [-0.3, -0.25) is 4.99 Å². The number of hydrogen-bond acceptors (Lipinski definition) is 3. The normalized spacial score (nSPS) is 25.1. The van der Waals surface area contributed by atoms with E-state index in [0.717, 1.165) is 60.3 Å².